The van der Waals surface area contributed by atoms with Crippen LogP contribution in [0.25, 0.3) is 11.1 Å². The molecule has 2 aromatic carbocycles. The maximum absolute atomic E-state index is 13.8. The SMILES string of the molecule is CC(CCC(=O)N1CCC(F)(F)C(C(=O)O)C1)NC(=O)OCC1c2ccccc2-c2ccccc21. The molecule has 0 spiro atoms. The number of hydrogen-bond donors (Lipinski definition) is 2. The van der Waals surface area contributed by atoms with Gasteiger partial charge in [-0.05, 0) is 35.6 Å². The molecule has 186 valence electrons. The van der Waals surface area contributed by atoms with Crippen LogP contribution in [0.5, 0.6) is 0 Å². The summed E-state index contributed by atoms with van der Waals surface area (Å²) in [6, 6.07) is 15.6. The monoisotopic (exact) mass is 486 g/mol. The fourth-order valence-electron chi connectivity index (χ4n) is 4.80. The van der Waals surface area contributed by atoms with Gasteiger partial charge in [-0.25, -0.2) is 13.6 Å². The van der Waals surface area contributed by atoms with Crippen LogP contribution in [0, 0.1) is 5.92 Å². The molecular weight excluding hydrogens is 458 g/mol. The molecule has 0 saturated carbocycles. The predicted molar refractivity (Wildman–Crippen MR) is 124 cm³/mol. The molecule has 1 heterocycles. The first-order valence-corrected chi connectivity index (χ1v) is 11.7. The molecule has 4 rings (SSSR count). The Hall–Kier alpha value is -3.49. The molecule has 0 aromatic heterocycles. The van der Waals surface area contributed by atoms with Crippen molar-refractivity contribution in [2.45, 2.75) is 44.1 Å². The number of alkyl carbamates (subject to hydrolysis) is 1. The van der Waals surface area contributed by atoms with Crippen LogP contribution in [-0.2, 0) is 14.3 Å². The molecule has 1 aliphatic carbocycles. The fourth-order valence-corrected chi connectivity index (χ4v) is 4.80. The second kappa shape index (κ2) is 10.0. The van der Waals surface area contributed by atoms with E-state index in [1.807, 2.05) is 36.4 Å². The number of carboxylic acid groups (broad SMARTS) is 1. The second-order valence-corrected chi connectivity index (χ2v) is 9.15. The molecule has 2 unspecified atom stereocenters. The quantitative estimate of drug-likeness (QED) is 0.610. The van der Waals surface area contributed by atoms with Gasteiger partial charge in [-0.15, -0.1) is 0 Å². The summed E-state index contributed by atoms with van der Waals surface area (Å²) in [7, 11) is 0. The van der Waals surface area contributed by atoms with Gasteiger partial charge in [0.15, 0.2) is 0 Å². The van der Waals surface area contributed by atoms with Crippen molar-refractivity contribution in [3.63, 3.8) is 0 Å². The zero-order chi connectivity index (χ0) is 25.2. The minimum Gasteiger partial charge on any atom is -0.481 e. The molecule has 0 radical (unpaired) electrons. The Labute approximate surface area is 202 Å². The summed E-state index contributed by atoms with van der Waals surface area (Å²) in [4.78, 5) is 37.1. The van der Waals surface area contributed by atoms with Crippen LogP contribution in [0.1, 0.15) is 43.2 Å². The highest BCUT2D eigenvalue weighted by Crippen LogP contribution is 2.44. The summed E-state index contributed by atoms with van der Waals surface area (Å²) in [5, 5.41) is 11.8. The number of nitrogens with one attached hydrogen (secondary N) is 1. The smallest absolute Gasteiger partial charge is 0.407 e. The number of aliphatic carboxylic acids is 1. The predicted octanol–water partition coefficient (Wildman–Crippen LogP) is 4.26. The third-order valence-electron chi connectivity index (χ3n) is 6.78. The van der Waals surface area contributed by atoms with E-state index in [2.05, 4.69) is 17.4 Å². The highest BCUT2D eigenvalue weighted by Gasteiger charge is 2.49. The molecule has 2 aromatic rings. The first-order valence-electron chi connectivity index (χ1n) is 11.7. The van der Waals surface area contributed by atoms with E-state index in [-0.39, 0.29) is 31.9 Å². The van der Waals surface area contributed by atoms with E-state index in [0.29, 0.717) is 0 Å². The second-order valence-electron chi connectivity index (χ2n) is 9.15. The van der Waals surface area contributed by atoms with Crippen LogP contribution >= 0.6 is 0 Å². The summed E-state index contributed by atoms with van der Waals surface area (Å²) < 4.78 is 33.1. The number of carboxylic acids is 1. The number of carbonyl (C=O) groups is 3. The standard InChI is InChI=1S/C26H28F2N2O5/c1-16(10-11-23(31)30-13-12-26(27,28)22(14-30)24(32)33)29-25(34)35-15-21-19-8-4-2-6-17(19)18-7-3-5-9-20(18)21/h2-9,16,21-22H,10-15H2,1H3,(H,29,34)(H,32,33). The van der Waals surface area contributed by atoms with Crippen LogP contribution in [-0.4, -0.2) is 59.6 Å². The van der Waals surface area contributed by atoms with E-state index in [9.17, 15) is 23.2 Å². The molecule has 2 N–H and O–H groups in total. The normalized spacial score (nSPS) is 19.4. The van der Waals surface area contributed by atoms with Crippen LogP contribution in [0.15, 0.2) is 48.5 Å². The first-order chi connectivity index (χ1) is 16.7. The lowest BCUT2D eigenvalue weighted by atomic mass is 9.93. The number of likely N-dealkylation sites (tertiary alicyclic amines) is 1. The van der Waals surface area contributed by atoms with Gasteiger partial charge in [-0.2, -0.15) is 0 Å². The third kappa shape index (κ3) is 5.28. The summed E-state index contributed by atoms with van der Waals surface area (Å²) in [5.74, 6) is -7.33. The van der Waals surface area contributed by atoms with Crippen molar-refractivity contribution in [3.8, 4) is 11.1 Å². The minimum atomic E-state index is -3.33. The van der Waals surface area contributed by atoms with Gasteiger partial charge >= 0.3 is 12.1 Å². The molecule has 2 amide bonds. The number of benzene rings is 2. The number of halogens is 2. The van der Waals surface area contributed by atoms with E-state index in [1.165, 1.54) is 0 Å². The van der Waals surface area contributed by atoms with Gasteiger partial charge in [0.05, 0.1) is 0 Å². The van der Waals surface area contributed by atoms with Crippen molar-refractivity contribution in [1.29, 1.82) is 0 Å². The molecule has 1 fully saturated rings. The number of amides is 2. The number of rotatable bonds is 7. The number of piperidine rings is 1. The lowest BCUT2D eigenvalue weighted by molar-refractivity contribution is -0.169. The van der Waals surface area contributed by atoms with Gasteiger partial charge in [0.2, 0.25) is 5.91 Å². The third-order valence-corrected chi connectivity index (χ3v) is 6.78. The van der Waals surface area contributed by atoms with Crippen molar-refractivity contribution < 1.29 is 33.0 Å². The Morgan fingerprint density at radius 3 is 2.31 bits per heavy atom. The Balaban J connectivity index is 1.25. The van der Waals surface area contributed by atoms with Crippen molar-refractivity contribution in [2.24, 2.45) is 5.92 Å². The van der Waals surface area contributed by atoms with E-state index >= 15 is 0 Å². The van der Waals surface area contributed by atoms with E-state index in [1.54, 1.807) is 6.92 Å². The number of fused-ring (bicyclic) bond motifs is 3. The summed E-state index contributed by atoms with van der Waals surface area (Å²) in [5.41, 5.74) is 4.47. The van der Waals surface area contributed by atoms with E-state index in [0.717, 1.165) is 27.2 Å². The number of carbonyl (C=O) groups excluding carboxylic acids is 2. The van der Waals surface area contributed by atoms with Crippen LogP contribution in [0.4, 0.5) is 13.6 Å². The van der Waals surface area contributed by atoms with Crippen LogP contribution < -0.4 is 5.32 Å². The zero-order valence-electron chi connectivity index (χ0n) is 19.4. The summed E-state index contributed by atoms with van der Waals surface area (Å²) in [6.45, 7) is 1.18. The Morgan fingerprint density at radius 2 is 1.71 bits per heavy atom. The molecule has 7 nitrogen and oxygen atoms in total. The van der Waals surface area contributed by atoms with Gasteiger partial charge < -0.3 is 20.1 Å². The van der Waals surface area contributed by atoms with Gasteiger partial charge in [-0.3, -0.25) is 9.59 Å². The zero-order valence-corrected chi connectivity index (χ0v) is 19.4. The fraction of sp³-hybridized carbons (Fsp3) is 0.423. The molecule has 9 heteroatoms. The minimum absolute atomic E-state index is 0.00271. The molecule has 0 bridgehead atoms. The average Bonchev–Trinajstić information content (AvgIpc) is 3.14. The number of hydrogen-bond acceptors (Lipinski definition) is 4. The first kappa shape index (κ1) is 24.6. The topological polar surface area (TPSA) is 95.9 Å². The molecule has 35 heavy (non-hydrogen) atoms. The van der Waals surface area contributed by atoms with E-state index in [4.69, 9.17) is 9.84 Å². The van der Waals surface area contributed by atoms with Crippen LogP contribution in [0.2, 0.25) is 0 Å². The van der Waals surface area contributed by atoms with Crippen molar-refractivity contribution >= 4 is 18.0 Å². The van der Waals surface area contributed by atoms with Gasteiger partial charge in [0.25, 0.3) is 5.92 Å². The number of alkyl halides is 2. The largest absolute Gasteiger partial charge is 0.481 e. The maximum Gasteiger partial charge on any atom is 0.407 e. The van der Waals surface area contributed by atoms with Crippen molar-refractivity contribution in [3.05, 3.63) is 59.7 Å². The Bertz CT molecular complexity index is 1080. The summed E-state index contributed by atoms with van der Waals surface area (Å²) >= 11 is 0. The Morgan fingerprint density at radius 1 is 1.11 bits per heavy atom. The lowest BCUT2D eigenvalue weighted by Crippen LogP contribution is -2.52. The average molecular weight is 487 g/mol. The van der Waals surface area contributed by atoms with Crippen molar-refractivity contribution in [2.75, 3.05) is 19.7 Å². The van der Waals surface area contributed by atoms with Crippen LogP contribution in [0.3, 0.4) is 0 Å². The van der Waals surface area contributed by atoms with E-state index < -0.39 is 48.8 Å². The van der Waals surface area contributed by atoms with Gasteiger partial charge in [0, 0.05) is 37.9 Å². The Kier molecular flexibility index (Phi) is 7.05. The number of ether oxygens (including phenoxy) is 1. The summed E-state index contributed by atoms with van der Waals surface area (Å²) in [6.07, 6.45) is -1.00. The van der Waals surface area contributed by atoms with Gasteiger partial charge in [-0.1, -0.05) is 48.5 Å². The highest BCUT2D eigenvalue weighted by atomic mass is 19.3. The number of nitrogens with zero attached hydrogens (tertiary/aromatic N) is 1. The molecule has 2 atom stereocenters. The molecule has 1 aliphatic heterocycles. The van der Waals surface area contributed by atoms with Gasteiger partial charge in [0.1, 0.15) is 12.5 Å². The molecule has 1 saturated heterocycles. The molecule has 2 aliphatic rings. The highest BCUT2D eigenvalue weighted by molar-refractivity contribution is 5.80. The maximum atomic E-state index is 13.8. The molecular formula is C26H28F2N2O5. The lowest BCUT2D eigenvalue weighted by Gasteiger charge is -2.36. The van der Waals surface area contributed by atoms with Crippen molar-refractivity contribution in [1.82, 2.24) is 10.2 Å².